The van der Waals surface area contributed by atoms with Crippen LogP contribution in [0.15, 0.2) is 60.7 Å². The van der Waals surface area contributed by atoms with Crippen LogP contribution in [0.3, 0.4) is 0 Å². The Kier molecular flexibility index (Phi) is 4.60. The Hall–Kier alpha value is -1.76. The highest BCUT2D eigenvalue weighted by Gasteiger charge is 2.45. The van der Waals surface area contributed by atoms with Crippen molar-refractivity contribution in [1.82, 2.24) is 0 Å². The molecule has 0 aromatic heterocycles. The number of rotatable bonds is 4. The van der Waals surface area contributed by atoms with Gasteiger partial charge in [-0.3, -0.25) is 0 Å². The standard InChI is InChI=1S/C19H20O5/c20-11-15-17(24-19(22-15)14-9-5-2-6-10-14)16-12-21-18(23-16)13-7-3-1-4-8-13/h1-10,15-20H,11-12H2/t15-,16+,17+,18?,19?/m1/s1. The average Bonchev–Trinajstić information content (AvgIpc) is 3.30. The van der Waals surface area contributed by atoms with E-state index in [4.69, 9.17) is 18.9 Å². The second-order valence-electron chi connectivity index (χ2n) is 5.95. The molecule has 2 heterocycles. The third-order valence-corrected chi connectivity index (χ3v) is 4.35. The van der Waals surface area contributed by atoms with Gasteiger partial charge < -0.3 is 24.1 Å². The van der Waals surface area contributed by atoms with Crippen LogP contribution in [0.4, 0.5) is 0 Å². The van der Waals surface area contributed by atoms with Gasteiger partial charge in [0.25, 0.3) is 0 Å². The Morgan fingerprint density at radius 1 is 0.792 bits per heavy atom. The van der Waals surface area contributed by atoms with Crippen molar-refractivity contribution in [2.24, 2.45) is 0 Å². The van der Waals surface area contributed by atoms with Crippen LogP contribution in [-0.2, 0) is 18.9 Å². The zero-order chi connectivity index (χ0) is 16.4. The van der Waals surface area contributed by atoms with E-state index in [1.807, 2.05) is 60.7 Å². The molecule has 5 heteroatoms. The lowest BCUT2D eigenvalue weighted by molar-refractivity contribution is -0.107. The molecule has 2 aliphatic heterocycles. The molecule has 5 atom stereocenters. The molecule has 5 nitrogen and oxygen atoms in total. The Balaban J connectivity index is 1.46. The fourth-order valence-corrected chi connectivity index (χ4v) is 3.12. The van der Waals surface area contributed by atoms with Crippen molar-refractivity contribution in [1.29, 1.82) is 0 Å². The summed E-state index contributed by atoms with van der Waals surface area (Å²) >= 11 is 0. The lowest BCUT2D eigenvalue weighted by Crippen LogP contribution is -2.38. The second-order valence-corrected chi connectivity index (χ2v) is 5.95. The number of ether oxygens (including phenoxy) is 4. The zero-order valence-electron chi connectivity index (χ0n) is 13.2. The maximum absolute atomic E-state index is 9.64. The largest absolute Gasteiger partial charge is 0.394 e. The van der Waals surface area contributed by atoms with E-state index in [2.05, 4.69) is 0 Å². The molecule has 0 radical (unpaired) electrons. The first-order chi connectivity index (χ1) is 11.8. The van der Waals surface area contributed by atoms with Crippen LogP contribution in [0.1, 0.15) is 23.7 Å². The van der Waals surface area contributed by atoms with Crippen molar-refractivity contribution in [3.05, 3.63) is 71.8 Å². The highest BCUT2D eigenvalue weighted by molar-refractivity contribution is 5.18. The Morgan fingerprint density at radius 2 is 1.42 bits per heavy atom. The minimum atomic E-state index is -0.493. The minimum Gasteiger partial charge on any atom is -0.394 e. The number of benzene rings is 2. The van der Waals surface area contributed by atoms with Gasteiger partial charge in [0, 0.05) is 11.1 Å². The Labute approximate surface area is 140 Å². The van der Waals surface area contributed by atoms with Crippen molar-refractivity contribution in [2.75, 3.05) is 13.2 Å². The predicted molar refractivity (Wildman–Crippen MR) is 86.0 cm³/mol. The van der Waals surface area contributed by atoms with Crippen LogP contribution in [0.2, 0.25) is 0 Å². The number of hydrogen-bond donors (Lipinski definition) is 1. The van der Waals surface area contributed by atoms with Gasteiger partial charge in [0.05, 0.1) is 13.2 Å². The molecule has 2 fully saturated rings. The van der Waals surface area contributed by atoms with Crippen molar-refractivity contribution < 1.29 is 24.1 Å². The van der Waals surface area contributed by atoms with Crippen LogP contribution in [0.5, 0.6) is 0 Å². The van der Waals surface area contributed by atoms with Gasteiger partial charge in [0.2, 0.25) is 0 Å². The monoisotopic (exact) mass is 328 g/mol. The molecule has 4 rings (SSSR count). The molecule has 0 aliphatic carbocycles. The molecular weight excluding hydrogens is 308 g/mol. The molecular formula is C19H20O5. The highest BCUT2D eigenvalue weighted by atomic mass is 16.8. The van der Waals surface area contributed by atoms with Crippen molar-refractivity contribution in [3.63, 3.8) is 0 Å². The van der Waals surface area contributed by atoms with Crippen LogP contribution in [-0.4, -0.2) is 36.6 Å². The molecule has 2 aromatic rings. The van der Waals surface area contributed by atoms with E-state index in [0.29, 0.717) is 6.61 Å². The quantitative estimate of drug-likeness (QED) is 0.935. The molecule has 2 unspecified atom stereocenters. The maximum Gasteiger partial charge on any atom is 0.184 e. The third kappa shape index (κ3) is 3.09. The molecule has 0 bridgehead atoms. The van der Waals surface area contributed by atoms with E-state index in [-0.39, 0.29) is 18.8 Å². The van der Waals surface area contributed by atoms with E-state index in [9.17, 15) is 5.11 Å². The smallest absolute Gasteiger partial charge is 0.184 e. The molecule has 0 spiro atoms. The fourth-order valence-electron chi connectivity index (χ4n) is 3.12. The Morgan fingerprint density at radius 3 is 2.04 bits per heavy atom. The molecule has 24 heavy (non-hydrogen) atoms. The van der Waals surface area contributed by atoms with Crippen LogP contribution in [0, 0.1) is 0 Å². The minimum absolute atomic E-state index is 0.121. The first kappa shape index (κ1) is 15.7. The lowest BCUT2D eigenvalue weighted by Gasteiger charge is -2.20. The Bertz CT molecular complexity index is 647. The van der Waals surface area contributed by atoms with Crippen LogP contribution in [0.25, 0.3) is 0 Å². The fraction of sp³-hybridized carbons (Fsp3) is 0.368. The summed E-state index contributed by atoms with van der Waals surface area (Å²) in [5, 5.41) is 9.64. The summed E-state index contributed by atoms with van der Waals surface area (Å²) < 4.78 is 23.7. The van der Waals surface area contributed by atoms with Crippen molar-refractivity contribution in [3.8, 4) is 0 Å². The zero-order valence-corrected chi connectivity index (χ0v) is 13.2. The predicted octanol–water partition coefficient (Wildman–Crippen LogP) is 2.58. The molecule has 0 amide bonds. The summed E-state index contributed by atoms with van der Waals surface area (Å²) in [6.07, 6.45) is -1.98. The van der Waals surface area contributed by atoms with E-state index in [1.54, 1.807) is 0 Å². The van der Waals surface area contributed by atoms with E-state index < -0.39 is 18.7 Å². The average molecular weight is 328 g/mol. The summed E-state index contributed by atoms with van der Waals surface area (Å²) in [6, 6.07) is 19.5. The highest BCUT2D eigenvalue weighted by Crippen LogP contribution is 2.37. The summed E-state index contributed by atoms with van der Waals surface area (Å²) in [7, 11) is 0. The first-order valence-electron chi connectivity index (χ1n) is 8.14. The third-order valence-electron chi connectivity index (χ3n) is 4.35. The van der Waals surface area contributed by atoms with Gasteiger partial charge >= 0.3 is 0 Å². The summed E-state index contributed by atoms with van der Waals surface area (Å²) in [6.45, 7) is 0.287. The number of hydrogen-bond acceptors (Lipinski definition) is 5. The van der Waals surface area contributed by atoms with E-state index in [0.717, 1.165) is 11.1 Å². The normalized spacial score (nSPS) is 33.0. The van der Waals surface area contributed by atoms with Gasteiger partial charge in [-0.1, -0.05) is 60.7 Å². The topological polar surface area (TPSA) is 57.2 Å². The lowest BCUT2D eigenvalue weighted by atomic mass is 10.1. The molecule has 126 valence electrons. The van der Waals surface area contributed by atoms with E-state index >= 15 is 0 Å². The van der Waals surface area contributed by atoms with Crippen LogP contribution >= 0.6 is 0 Å². The second kappa shape index (κ2) is 7.01. The van der Waals surface area contributed by atoms with Crippen LogP contribution < -0.4 is 0 Å². The van der Waals surface area contributed by atoms with Gasteiger partial charge in [0.1, 0.15) is 18.3 Å². The molecule has 2 saturated heterocycles. The van der Waals surface area contributed by atoms with Gasteiger partial charge in [0.15, 0.2) is 12.6 Å². The molecule has 2 aliphatic rings. The summed E-state index contributed by atoms with van der Waals surface area (Å²) in [4.78, 5) is 0. The molecule has 0 saturated carbocycles. The number of aliphatic hydroxyl groups excluding tert-OH is 1. The van der Waals surface area contributed by atoms with Crippen molar-refractivity contribution >= 4 is 0 Å². The van der Waals surface area contributed by atoms with Crippen molar-refractivity contribution in [2.45, 2.75) is 30.9 Å². The van der Waals surface area contributed by atoms with Gasteiger partial charge in [-0.2, -0.15) is 0 Å². The van der Waals surface area contributed by atoms with Gasteiger partial charge in [-0.15, -0.1) is 0 Å². The van der Waals surface area contributed by atoms with E-state index in [1.165, 1.54) is 0 Å². The molecule has 1 N–H and O–H groups in total. The maximum atomic E-state index is 9.64. The van der Waals surface area contributed by atoms with Gasteiger partial charge in [-0.25, -0.2) is 0 Å². The summed E-state index contributed by atoms with van der Waals surface area (Å²) in [5.41, 5.74) is 1.90. The van der Waals surface area contributed by atoms with Gasteiger partial charge in [-0.05, 0) is 0 Å². The molecule has 2 aromatic carbocycles. The summed E-state index contributed by atoms with van der Waals surface area (Å²) in [5.74, 6) is 0. The first-order valence-corrected chi connectivity index (χ1v) is 8.14. The number of aliphatic hydroxyl groups is 1. The SMILES string of the molecule is OC[C@H]1OC(c2ccccc2)O[C@@H]1[C@@H]1COC(c2ccccc2)O1.